The maximum atomic E-state index is 2.12. The molecule has 0 aliphatic carbocycles. The number of hydrogen-bond donors (Lipinski definition) is 0. The van der Waals surface area contributed by atoms with Gasteiger partial charge in [0.15, 0.2) is 0 Å². The van der Waals surface area contributed by atoms with E-state index in [1.165, 1.54) is 10.8 Å². The molecule has 0 saturated heterocycles. The molecule has 0 aliphatic heterocycles. The average Bonchev–Trinajstić information content (AvgIpc) is 2.33. The summed E-state index contributed by atoms with van der Waals surface area (Å²) in [6, 6.07) is 14.7. The van der Waals surface area contributed by atoms with Crippen molar-refractivity contribution in [2.75, 3.05) is 0 Å². The van der Waals surface area contributed by atoms with Gasteiger partial charge in [0.2, 0.25) is 0 Å². The Labute approximate surface area is 74.5 Å². The summed E-state index contributed by atoms with van der Waals surface area (Å²) in [6.07, 6.45) is 0. The third kappa shape index (κ3) is 1.17. The van der Waals surface area contributed by atoms with E-state index >= 15 is 0 Å². The van der Waals surface area contributed by atoms with Crippen molar-refractivity contribution in [2.45, 2.75) is 0 Å². The summed E-state index contributed by atoms with van der Waals surface area (Å²) in [6.45, 7) is 0. The van der Waals surface area contributed by atoms with Gasteiger partial charge in [-0.2, -0.15) is 17.5 Å². The molecule has 2 rings (SSSR count). The van der Waals surface area contributed by atoms with Gasteiger partial charge in [-0.1, -0.05) is 6.07 Å². The second-order valence-electron chi connectivity index (χ2n) is 2.15. The molecule has 0 bridgehead atoms. The molecule has 0 heterocycles. The molecule has 0 unspecified atom stereocenters. The van der Waals surface area contributed by atoms with Gasteiger partial charge in [-0.25, -0.2) is 0 Å². The van der Waals surface area contributed by atoms with Crippen molar-refractivity contribution in [3.05, 3.63) is 42.5 Å². The second-order valence-corrected chi connectivity index (χ2v) is 2.15. The molecule has 2 aromatic carbocycles. The first-order valence-corrected chi connectivity index (χ1v) is 3.07. The number of rotatable bonds is 0. The molecular formula is C9H7Mo-. The topological polar surface area (TPSA) is 0 Å². The molecule has 0 fully saturated rings. The zero-order valence-electron chi connectivity index (χ0n) is 5.45. The monoisotopic (exact) mass is 213 g/mol. The summed E-state index contributed by atoms with van der Waals surface area (Å²) in [7, 11) is 0. The van der Waals surface area contributed by atoms with E-state index in [4.69, 9.17) is 0 Å². The van der Waals surface area contributed by atoms with E-state index in [2.05, 4.69) is 42.5 Å². The van der Waals surface area contributed by atoms with Crippen molar-refractivity contribution in [1.29, 1.82) is 0 Å². The van der Waals surface area contributed by atoms with E-state index < -0.39 is 0 Å². The molecule has 0 nitrogen and oxygen atoms in total. The van der Waals surface area contributed by atoms with Crippen LogP contribution in [0, 0.1) is 0 Å². The molecule has 1 heteroatoms. The standard InChI is InChI=1S/C9H7.Mo/c1-2-5-9-7-3-6-8(9)4-1;/h1-7H;/q-1;. The Kier molecular flexibility index (Phi) is 2.34. The second kappa shape index (κ2) is 3.07. The van der Waals surface area contributed by atoms with Crippen LogP contribution in [0.15, 0.2) is 42.5 Å². The SMILES string of the molecule is [Mo].c1ccc2[cH-]ccc2c1. The van der Waals surface area contributed by atoms with E-state index in [0.29, 0.717) is 0 Å². The molecule has 0 saturated carbocycles. The Bertz CT molecular complexity index is 279. The fourth-order valence-electron chi connectivity index (χ4n) is 1.07. The zero-order chi connectivity index (χ0) is 6.10. The minimum atomic E-state index is 0. The van der Waals surface area contributed by atoms with Crippen LogP contribution in [-0.2, 0) is 21.1 Å². The summed E-state index contributed by atoms with van der Waals surface area (Å²) >= 11 is 0. The number of benzene rings is 1. The fourth-order valence-corrected chi connectivity index (χ4v) is 1.07. The molecule has 2 aromatic rings. The molecule has 0 aliphatic rings. The Morgan fingerprint density at radius 2 is 1.80 bits per heavy atom. The smallest absolute Gasteiger partial charge is 0 e. The summed E-state index contributed by atoms with van der Waals surface area (Å²) in [5, 5.41) is 2.66. The van der Waals surface area contributed by atoms with Gasteiger partial charge in [-0.05, 0) is 0 Å². The summed E-state index contributed by atoms with van der Waals surface area (Å²) in [4.78, 5) is 0. The van der Waals surface area contributed by atoms with Crippen LogP contribution in [0.2, 0.25) is 0 Å². The Morgan fingerprint density at radius 1 is 1.00 bits per heavy atom. The van der Waals surface area contributed by atoms with Gasteiger partial charge in [0.1, 0.15) is 0 Å². The molecule has 0 spiro atoms. The first-order valence-electron chi connectivity index (χ1n) is 3.07. The third-order valence-corrected chi connectivity index (χ3v) is 1.55. The van der Waals surface area contributed by atoms with Gasteiger partial charge in [-0.15, -0.1) is 29.7 Å². The van der Waals surface area contributed by atoms with Crippen LogP contribution < -0.4 is 0 Å². The molecule has 10 heavy (non-hydrogen) atoms. The normalized spacial score (nSPS) is 9.20. The average molecular weight is 211 g/mol. The van der Waals surface area contributed by atoms with E-state index in [1.807, 2.05) is 0 Å². The van der Waals surface area contributed by atoms with E-state index in [0.717, 1.165) is 0 Å². The number of fused-ring (bicyclic) bond motifs is 1. The van der Waals surface area contributed by atoms with Gasteiger partial charge in [-0.3, -0.25) is 0 Å². The Hall–Kier alpha value is -0.482. The molecule has 0 amide bonds. The fraction of sp³-hybridized carbons (Fsp3) is 0. The van der Waals surface area contributed by atoms with Crippen LogP contribution in [0.25, 0.3) is 10.8 Å². The minimum Gasteiger partial charge on any atom is -0.168 e. The van der Waals surface area contributed by atoms with E-state index in [1.54, 1.807) is 0 Å². The van der Waals surface area contributed by atoms with Gasteiger partial charge >= 0.3 is 0 Å². The first kappa shape index (κ1) is 7.62. The van der Waals surface area contributed by atoms with Crippen LogP contribution in [0.5, 0.6) is 0 Å². The summed E-state index contributed by atoms with van der Waals surface area (Å²) < 4.78 is 0. The zero-order valence-corrected chi connectivity index (χ0v) is 7.46. The van der Waals surface area contributed by atoms with Crippen molar-refractivity contribution in [2.24, 2.45) is 0 Å². The van der Waals surface area contributed by atoms with E-state index in [-0.39, 0.29) is 21.1 Å². The van der Waals surface area contributed by atoms with Crippen molar-refractivity contribution >= 4 is 10.8 Å². The molecule has 0 N–H and O–H groups in total. The van der Waals surface area contributed by atoms with Crippen LogP contribution in [0.1, 0.15) is 0 Å². The van der Waals surface area contributed by atoms with Crippen LogP contribution in [-0.4, -0.2) is 0 Å². The van der Waals surface area contributed by atoms with Crippen molar-refractivity contribution in [3.8, 4) is 0 Å². The van der Waals surface area contributed by atoms with Crippen molar-refractivity contribution < 1.29 is 21.1 Å². The van der Waals surface area contributed by atoms with Crippen LogP contribution in [0.4, 0.5) is 0 Å². The van der Waals surface area contributed by atoms with Crippen molar-refractivity contribution in [3.63, 3.8) is 0 Å². The van der Waals surface area contributed by atoms with E-state index in [9.17, 15) is 0 Å². The summed E-state index contributed by atoms with van der Waals surface area (Å²) in [5.41, 5.74) is 0. The van der Waals surface area contributed by atoms with Gasteiger partial charge in [0, 0.05) is 21.1 Å². The third-order valence-electron chi connectivity index (χ3n) is 1.55. The molecule has 0 aromatic heterocycles. The molecule has 0 radical (unpaired) electrons. The summed E-state index contributed by atoms with van der Waals surface area (Å²) in [5.74, 6) is 0. The van der Waals surface area contributed by atoms with Gasteiger partial charge in [0.25, 0.3) is 0 Å². The Balaban J connectivity index is 0.000000500. The maximum absolute atomic E-state index is 2.12. The predicted molar refractivity (Wildman–Crippen MR) is 39.5 cm³/mol. The van der Waals surface area contributed by atoms with Gasteiger partial charge in [0.05, 0.1) is 0 Å². The molecular weight excluding hydrogens is 204 g/mol. The van der Waals surface area contributed by atoms with Crippen LogP contribution >= 0.6 is 0 Å². The van der Waals surface area contributed by atoms with Crippen molar-refractivity contribution in [1.82, 2.24) is 0 Å². The molecule has 50 valence electrons. The molecule has 0 atom stereocenters. The maximum Gasteiger partial charge on any atom is 0 e. The largest absolute Gasteiger partial charge is 0.168 e. The first-order chi connectivity index (χ1) is 4.47. The minimum absolute atomic E-state index is 0. The Morgan fingerprint density at radius 3 is 2.60 bits per heavy atom. The van der Waals surface area contributed by atoms with Gasteiger partial charge < -0.3 is 0 Å². The number of hydrogen-bond acceptors (Lipinski definition) is 0. The predicted octanol–water partition coefficient (Wildman–Crippen LogP) is 2.56. The van der Waals surface area contributed by atoms with Crippen LogP contribution in [0.3, 0.4) is 0 Å². The quantitative estimate of drug-likeness (QED) is 0.464.